The summed E-state index contributed by atoms with van der Waals surface area (Å²) < 4.78 is 5.22. The SMILES string of the molecule is CC(C)c1cccc(COC(=O)Nc2ccccc2)c1. The number of amides is 1. The van der Waals surface area contributed by atoms with Crippen LogP contribution in [0.2, 0.25) is 0 Å². The Morgan fingerprint density at radius 3 is 2.55 bits per heavy atom. The van der Waals surface area contributed by atoms with Gasteiger partial charge in [0.05, 0.1) is 0 Å². The van der Waals surface area contributed by atoms with E-state index in [1.54, 1.807) is 0 Å². The van der Waals surface area contributed by atoms with Crippen LogP contribution in [0.1, 0.15) is 30.9 Å². The molecule has 0 saturated carbocycles. The number of nitrogens with one attached hydrogen (secondary N) is 1. The molecule has 0 aliphatic heterocycles. The van der Waals surface area contributed by atoms with Gasteiger partial charge in [0.1, 0.15) is 6.61 Å². The van der Waals surface area contributed by atoms with E-state index in [0.717, 1.165) is 11.3 Å². The smallest absolute Gasteiger partial charge is 0.411 e. The maximum atomic E-state index is 11.7. The highest BCUT2D eigenvalue weighted by Gasteiger charge is 2.05. The first-order valence-corrected chi connectivity index (χ1v) is 6.73. The number of rotatable bonds is 4. The van der Waals surface area contributed by atoms with Crippen molar-refractivity contribution in [3.63, 3.8) is 0 Å². The highest BCUT2D eigenvalue weighted by molar-refractivity contribution is 5.84. The first kappa shape index (κ1) is 14.1. The van der Waals surface area contributed by atoms with Crippen molar-refractivity contribution in [3.05, 3.63) is 65.7 Å². The molecule has 0 fully saturated rings. The summed E-state index contributed by atoms with van der Waals surface area (Å²) >= 11 is 0. The van der Waals surface area contributed by atoms with Crippen LogP contribution >= 0.6 is 0 Å². The first-order valence-electron chi connectivity index (χ1n) is 6.73. The van der Waals surface area contributed by atoms with Gasteiger partial charge >= 0.3 is 6.09 Å². The monoisotopic (exact) mass is 269 g/mol. The Labute approximate surface area is 119 Å². The molecule has 0 aliphatic carbocycles. The van der Waals surface area contributed by atoms with Crippen LogP contribution in [0.5, 0.6) is 0 Å². The van der Waals surface area contributed by atoms with Gasteiger partial charge in [-0.15, -0.1) is 0 Å². The molecule has 3 nitrogen and oxygen atoms in total. The van der Waals surface area contributed by atoms with Crippen LogP contribution in [0.15, 0.2) is 54.6 Å². The first-order chi connectivity index (χ1) is 9.65. The van der Waals surface area contributed by atoms with E-state index in [4.69, 9.17) is 4.74 Å². The van der Waals surface area contributed by atoms with E-state index < -0.39 is 6.09 Å². The van der Waals surface area contributed by atoms with Gasteiger partial charge in [-0.25, -0.2) is 4.79 Å². The lowest BCUT2D eigenvalue weighted by Crippen LogP contribution is -2.13. The quantitative estimate of drug-likeness (QED) is 0.883. The van der Waals surface area contributed by atoms with Crippen LogP contribution < -0.4 is 5.32 Å². The Bertz CT molecular complexity index is 564. The molecule has 0 saturated heterocycles. The number of carbonyl (C=O) groups excluding carboxylic acids is 1. The second kappa shape index (κ2) is 6.75. The van der Waals surface area contributed by atoms with Crippen molar-refractivity contribution in [2.24, 2.45) is 0 Å². The van der Waals surface area contributed by atoms with Crippen LogP contribution in [0.25, 0.3) is 0 Å². The van der Waals surface area contributed by atoms with Gasteiger partial charge in [-0.3, -0.25) is 5.32 Å². The summed E-state index contributed by atoms with van der Waals surface area (Å²) in [7, 11) is 0. The van der Waals surface area contributed by atoms with Crippen LogP contribution in [-0.2, 0) is 11.3 Å². The Morgan fingerprint density at radius 1 is 1.10 bits per heavy atom. The molecule has 0 bridgehead atoms. The molecule has 1 amide bonds. The molecule has 0 radical (unpaired) electrons. The molecular weight excluding hydrogens is 250 g/mol. The van der Waals surface area contributed by atoms with Crippen molar-refractivity contribution >= 4 is 11.8 Å². The lowest BCUT2D eigenvalue weighted by atomic mass is 10.0. The highest BCUT2D eigenvalue weighted by atomic mass is 16.5. The van der Waals surface area contributed by atoms with Crippen molar-refractivity contribution in [2.75, 3.05) is 5.32 Å². The Hall–Kier alpha value is -2.29. The predicted octanol–water partition coefficient (Wildman–Crippen LogP) is 4.56. The molecular formula is C17H19NO2. The third kappa shape index (κ3) is 4.12. The molecule has 104 valence electrons. The minimum atomic E-state index is -0.439. The van der Waals surface area contributed by atoms with Gasteiger partial charge in [0.2, 0.25) is 0 Å². The zero-order chi connectivity index (χ0) is 14.4. The van der Waals surface area contributed by atoms with Crippen molar-refractivity contribution in [2.45, 2.75) is 26.4 Å². The van der Waals surface area contributed by atoms with Crippen molar-refractivity contribution in [3.8, 4) is 0 Å². The number of anilines is 1. The summed E-state index contributed by atoms with van der Waals surface area (Å²) in [6.07, 6.45) is -0.439. The summed E-state index contributed by atoms with van der Waals surface area (Å²) in [5.41, 5.74) is 2.97. The van der Waals surface area contributed by atoms with E-state index >= 15 is 0 Å². The highest BCUT2D eigenvalue weighted by Crippen LogP contribution is 2.16. The van der Waals surface area contributed by atoms with Gasteiger partial charge in [0.15, 0.2) is 0 Å². The van der Waals surface area contributed by atoms with Gasteiger partial charge in [-0.05, 0) is 29.2 Å². The predicted molar refractivity (Wildman–Crippen MR) is 80.8 cm³/mol. The number of para-hydroxylation sites is 1. The van der Waals surface area contributed by atoms with Crippen molar-refractivity contribution < 1.29 is 9.53 Å². The molecule has 20 heavy (non-hydrogen) atoms. The molecule has 1 N–H and O–H groups in total. The van der Waals surface area contributed by atoms with Crippen LogP contribution in [0.3, 0.4) is 0 Å². The third-order valence-electron chi connectivity index (χ3n) is 3.01. The summed E-state index contributed by atoms with van der Waals surface area (Å²) in [6, 6.07) is 17.4. The maximum Gasteiger partial charge on any atom is 0.411 e. The largest absolute Gasteiger partial charge is 0.444 e. The third-order valence-corrected chi connectivity index (χ3v) is 3.01. The maximum absolute atomic E-state index is 11.7. The van der Waals surface area contributed by atoms with Gasteiger partial charge in [0, 0.05) is 5.69 Å². The normalized spacial score (nSPS) is 10.3. The standard InChI is InChI=1S/C17H19NO2/c1-13(2)15-8-6-7-14(11-15)12-20-17(19)18-16-9-4-3-5-10-16/h3-11,13H,12H2,1-2H3,(H,18,19). The number of ether oxygens (including phenoxy) is 1. The fraction of sp³-hybridized carbons (Fsp3) is 0.235. The Morgan fingerprint density at radius 2 is 1.85 bits per heavy atom. The second-order valence-corrected chi connectivity index (χ2v) is 4.97. The lowest BCUT2D eigenvalue weighted by molar-refractivity contribution is 0.155. The number of benzene rings is 2. The molecule has 0 heterocycles. The topological polar surface area (TPSA) is 38.3 Å². The van der Waals surface area contributed by atoms with Crippen molar-refractivity contribution in [1.29, 1.82) is 0 Å². The average molecular weight is 269 g/mol. The lowest BCUT2D eigenvalue weighted by Gasteiger charge is -2.09. The van der Waals surface area contributed by atoms with Gasteiger partial charge in [-0.1, -0.05) is 56.3 Å². The molecule has 2 aromatic carbocycles. The molecule has 0 aliphatic rings. The molecule has 0 unspecified atom stereocenters. The van der Waals surface area contributed by atoms with Gasteiger partial charge in [0.25, 0.3) is 0 Å². The summed E-state index contributed by atoms with van der Waals surface area (Å²) in [5.74, 6) is 0.466. The fourth-order valence-electron chi connectivity index (χ4n) is 1.87. The molecule has 0 spiro atoms. The van der Waals surface area contributed by atoms with Crippen LogP contribution in [0, 0.1) is 0 Å². The number of hydrogen-bond acceptors (Lipinski definition) is 2. The minimum absolute atomic E-state index is 0.277. The van der Waals surface area contributed by atoms with E-state index in [1.165, 1.54) is 5.56 Å². The fourth-order valence-corrected chi connectivity index (χ4v) is 1.87. The minimum Gasteiger partial charge on any atom is -0.444 e. The molecule has 3 heteroatoms. The molecule has 0 aromatic heterocycles. The Kier molecular flexibility index (Phi) is 4.77. The van der Waals surface area contributed by atoms with Crippen LogP contribution in [-0.4, -0.2) is 6.09 Å². The summed E-state index contributed by atoms with van der Waals surface area (Å²) in [6.45, 7) is 4.56. The zero-order valence-electron chi connectivity index (χ0n) is 11.8. The van der Waals surface area contributed by atoms with Crippen molar-refractivity contribution in [1.82, 2.24) is 0 Å². The number of carbonyl (C=O) groups is 1. The van der Waals surface area contributed by atoms with E-state index in [2.05, 4.69) is 31.3 Å². The van der Waals surface area contributed by atoms with Gasteiger partial charge in [-0.2, -0.15) is 0 Å². The summed E-state index contributed by atoms with van der Waals surface area (Å²) in [4.78, 5) is 11.7. The molecule has 2 aromatic rings. The molecule has 0 atom stereocenters. The van der Waals surface area contributed by atoms with Gasteiger partial charge < -0.3 is 4.74 Å². The Balaban J connectivity index is 1.89. The number of hydrogen-bond donors (Lipinski definition) is 1. The van der Waals surface area contributed by atoms with E-state index in [-0.39, 0.29) is 6.61 Å². The average Bonchev–Trinajstić information content (AvgIpc) is 2.46. The van der Waals surface area contributed by atoms with E-state index in [0.29, 0.717) is 5.92 Å². The van der Waals surface area contributed by atoms with Crippen LogP contribution in [0.4, 0.5) is 10.5 Å². The summed E-state index contributed by atoms with van der Waals surface area (Å²) in [5, 5.41) is 2.69. The molecule has 2 rings (SSSR count). The van der Waals surface area contributed by atoms with E-state index in [1.807, 2.05) is 42.5 Å². The van der Waals surface area contributed by atoms with E-state index in [9.17, 15) is 4.79 Å². The second-order valence-electron chi connectivity index (χ2n) is 4.97. The zero-order valence-corrected chi connectivity index (χ0v) is 11.8.